The van der Waals surface area contributed by atoms with Crippen LogP contribution in [0.3, 0.4) is 0 Å². The summed E-state index contributed by atoms with van der Waals surface area (Å²) in [6, 6.07) is 9.25. The van der Waals surface area contributed by atoms with Crippen molar-refractivity contribution in [3.63, 3.8) is 0 Å². The summed E-state index contributed by atoms with van der Waals surface area (Å²) in [6.07, 6.45) is 3.34. The Balaban J connectivity index is 2.28. The van der Waals surface area contributed by atoms with Gasteiger partial charge in [-0.2, -0.15) is 5.26 Å². The molecule has 0 N–H and O–H groups in total. The van der Waals surface area contributed by atoms with Crippen molar-refractivity contribution in [3.8, 4) is 17.3 Å². The normalized spacial score (nSPS) is 10.4. The van der Waals surface area contributed by atoms with E-state index in [1.165, 1.54) is 0 Å². The smallest absolute Gasteiger partial charge is 0.162 e. The van der Waals surface area contributed by atoms with Gasteiger partial charge in [-0.3, -0.25) is 9.97 Å². The number of rotatable bonds is 1. The summed E-state index contributed by atoms with van der Waals surface area (Å²) >= 11 is 0. The largest absolute Gasteiger partial charge is 0.459 e. The third kappa shape index (κ3) is 1.62. The molecule has 0 radical (unpaired) electrons. The maximum atomic E-state index is 8.91. The van der Waals surface area contributed by atoms with Crippen LogP contribution in [0.25, 0.3) is 22.4 Å². The fourth-order valence-corrected chi connectivity index (χ4v) is 1.91. The minimum atomic E-state index is 0.577. The molecule has 0 bridgehead atoms. The second-order valence-electron chi connectivity index (χ2n) is 3.97. The van der Waals surface area contributed by atoms with E-state index in [0.29, 0.717) is 11.1 Å². The van der Waals surface area contributed by atoms with Crippen LogP contribution in [-0.4, -0.2) is 9.97 Å². The van der Waals surface area contributed by atoms with Gasteiger partial charge in [0, 0.05) is 24.0 Å². The first kappa shape index (κ1) is 10.5. The molecule has 0 amide bonds. The number of aryl methyl sites for hydroxylation is 1. The lowest BCUT2D eigenvalue weighted by Crippen LogP contribution is -1.86. The Labute approximate surface area is 104 Å². The highest BCUT2D eigenvalue weighted by Crippen LogP contribution is 2.28. The van der Waals surface area contributed by atoms with Crippen molar-refractivity contribution in [2.75, 3.05) is 0 Å². The Morgan fingerprint density at radius 2 is 2.00 bits per heavy atom. The van der Waals surface area contributed by atoms with Gasteiger partial charge in [0.05, 0.1) is 17.3 Å². The van der Waals surface area contributed by atoms with Crippen LogP contribution in [0, 0.1) is 18.3 Å². The maximum Gasteiger partial charge on any atom is 0.162 e. The molecule has 0 saturated carbocycles. The van der Waals surface area contributed by atoms with Crippen molar-refractivity contribution in [1.29, 1.82) is 5.26 Å². The second kappa shape index (κ2) is 3.97. The predicted octanol–water partition coefficient (Wildman–Crippen LogP) is 3.07. The Bertz CT molecular complexity index is 768. The molecule has 3 rings (SSSR count). The first-order chi connectivity index (χ1) is 8.78. The Morgan fingerprint density at radius 1 is 1.17 bits per heavy atom. The van der Waals surface area contributed by atoms with Crippen molar-refractivity contribution in [2.45, 2.75) is 6.92 Å². The SMILES string of the molecule is Cc1cc2nccc(-c3cc(C#N)ccn3)c2o1. The van der Waals surface area contributed by atoms with Gasteiger partial charge in [0.2, 0.25) is 0 Å². The summed E-state index contributed by atoms with van der Waals surface area (Å²) in [5, 5.41) is 8.91. The van der Waals surface area contributed by atoms with Crippen molar-refractivity contribution >= 4 is 11.1 Å². The highest BCUT2D eigenvalue weighted by Gasteiger charge is 2.10. The van der Waals surface area contributed by atoms with Gasteiger partial charge in [-0.1, -0.05) is 0 Å². The molecule has 0 atom stereocenters. The summed E-state index contributed by atoms with van der Waals surface area (Å²) in [4.78, 5) is 8.52. The molecule has 0 aromatic carbocycles. The minimum Gasteiger partial charge on any atom is -0.459 e. The number of nitriles is 1. The molecule has 0 aliphatic heterocycles. The van der Waals surface area contributed by atoms with Gasteiger partial charge in [-0.15, -0.1) is 0 Å². The highest BCUT2D eigenvalue weighted by molar-refractivity contribution is 5.89. The van der Waals surface area contributed by atoms with Crippen LogP contribution < -0.4 is 0 Å². The fraction of sp³-hybridized carbons (Fsp3) is 0.0714. The summed E-state index contributed by atoms with van der Waals surface area (Å²) < 4.78 is 5.64. The summed E-state index contributed by atoms with van der Waals surface area (Å²) in [6.45, 7) is 1.88. The molecule has 86 valence electrons. The van der Waals surface area contributed by atoms with Crippen molar-refractivity contribution in [1.82, 2.24) is 9.97 Å². The van der Waals surface area contributed by atoms with Crippen LogP contribution in [0.5, 0.6) is 0 Å². The Morgan fingerprint density at radius 3 is 2.83 bits per heavy atom. The van der Waals surface area contributed by atoms with Gasteiger partial charge in [0.25, 0.3) is 0 Å². The molecule has 4 heteroatoms. The fourth-order valence-electron chi connectivity index (χ4n) is 1.91. The number of aromatic nitrogens is 2. The van der Waals surface area contributed by atoms with Gasteiger partial charge in [0.15, 0.2) is 5.58 Å². The van der Waals surface area contributed by atoms with Crippen molar-refractivity contribution in [3.05, 3.63) is 48.0 Å². The number of nitrogens with zero attached hydrogens (tertiary/aromatic N) is 3. The average molecular weight is 235 g/mol. The van der Waals surface area contributed by atoms with Gasteiger partial charge in [-0.25, -0.2) is 0 Å². The van der Waals surface area contributed by atoms with E-state index in [1.54, 1.807) is 24.5 Å². The van der Waals surface area contributed by atoms with Crippen LogP contribution >= 0.6 is 0 Å². The monoisotopic (exact) mass is 235 g/mol. The van der Waals surface area contributed by atoms with Crippen LogP contribution in [0.4, 0.5) is 0 Å². The molecule has 0 unspecified atom stereocenters. The lowest BCUT2D eigenvalue weighted by molar-refractivity contribution is 0.579. The van der Waals surface area contributed by atoms with Crippen LogP contribution in [-0.2, 0) is 0 Å². The molecule has 0 spiro atoms. The lowest BCUT2D eigenvalue weighted by atomic mass is 10.1. The van der Waals surface area contributed by atoms with E-state index in [9.17, 15) is 0 Å². The first-order valence-electron chi connectivity index (χ1n) is 5.49. The lowest BCUT2D eigenvalue weighted by Gasteiger charge is -2.01. The first-order valence-corrected chi connectivity index (χ1v) is 5.49. The second-order valence-corrected chi connectivity index (χ2v) is 3.97. The van der Waals surface area contributed by atoms with E-state index in [4.69, 9.17) is 9.68 Å². The molecule has 4 nitrogen and oxygen atoms in total. The Kier molecular flexibility index (Phi) is 2.31. The van der Waals surface area contributed by atoms with Gasteiger partial charge in [-0.05, 0) is 25.1 Å². The number of hydrogen-bond donors (Lipinski definition) is 0. The molecule has 0 saturated heterocycles. The minimum absolute atomic E-state index is 0.577. The molecular weight excluding hydrogens is 226 g/mol. The topological polar surface area (TPSA) is 62.7 Å². The standard InChI is InChI=1S/C14H9N3O/c1-9-6-13-14(18-9)11(3-5-17-13)12-7-10(8-15)2-4-16-12/h2-7H,1H3. The van der Waals surface area contributed by atoms with Crippen LogP contribution in [0.1, 0.15) is 11.3 Å². The third-order valence-electron chi connectivity index (χ3n) is 2.70. The van der Waals surface area contributed by atoms with E-state index in [2.05, 4.69) is 16.0 Å². The quantitative estimate of drug-likeness (QED) is 0.650. The molecule has 3 aromatic rings. The number of pyridine rings is 2. The zero-order valence-corrected chi connectivity index (χ0v) is 9.71. The molecule has 18 heavy (non-hydrogen) atoms. The van der Waals surface area contributed by atoms with E-state index < -0.39 is 0 Å². The van der Waals surface area contributed by atoms with Crippen LogP contribution in [0.15, 0.2) is 41.1 Å². The van der Waals surface area contributed by atoms with Gasteiger partial charge < -0.3 is 4.42 Å². The number of furan rings is 1. The third-order valence-corrected chi connectivity index (χ3v) is 2.70. The molecule has 3 heterocycles. The van der Waals surface area contributed by atoms with Crippen molar-refractivity contribution in [2.24, 2.45) is 0 Å². The van der Waals surface area contributed by atoms with Crippen molar-refractivity contribution < 1.29 is 4.42 Å². The van der Waals surface area contributed by atoms with E-state index in [-0.39, 0.29) is 0 Å². The maximum absolute atomic E-state index is 8.91. The molecule has 0 aliphatic carbocycles. The summed E-state index contributed by atoms with van der Waals surface area (Å²) in [5.41, 5.74) is 3.65. The molecular formula is C14H9N3O. The zero-order valence-electron chi connectivity index (χ0n) is 9.71. The van der Waals surface area contributed by atoms with Gasteiger partial charge >= 0.3 is 0 Å². The number of fused-ring (bicyclic) bond motifs is 1. The van der Waals surface area contributed by atoms with Gasteiger partial charge in [0.1, 0.15) is 11.3 Å². The zero-order chi connectivity index (χ0) is 12.5. The van der Waals surface area contributed by atoms with E-state index in [1.807, 2.05) is 19.1 Å². The van der Waals surface area contributed by atoms with E-state index >= 15 is 0 Å². The van der Waals surface area contributed by atoms with E-state index in [0.717, 1.165) is 22.5 Å². The highest BCUT2D eigenvalue weighted by atomic mass is 16.3. The molecule has 0 fully saturated rings. The Hall–Kier alpha value is -2.67. The number of hydrogen-bond acceptors (Lipinski definition) is 4. The summed E-state index contributed by atoms with van der Waals surface area (Å²) in [7, 11) is 0. The summed E-state index contributed by atoms with van der Waals surface area (Å²) in [5.74, 6) is 0.807. The average Bonchev–Trinajstić information content (AvgIpc) is 2.78. The molecule has 3 aromatic heterocycles. The predicted molar refractivity (Wildman–Crippen MR) is 66.7 cm³/mol. The molecule has 0 aliphatic rings. The van der Waals surface area contributed by atoms with Crippen LogP contribution in [0.2, 0.25) is 0 Å².